The van der Waals surface area contributed by atoms with Crippen LogP contribution in [-0.4, -0.2) is 102 Å². The van der Waals surface area contributed by atoms with E-state index in [1.54, 1.807) is 6.07 Å². The second-order valence-electron chi connectivity index (χ2n) is 16.4. The Balaban J connectivity index is 0.824. The van der Waals surface area contributed by atoms with Crippen LogP contribution in [0.2, 0.25) is 0 Å². The summed E-state index contributed by atoms with van der Waals surface area (Å²) in [6.45, 7) is 13.9. The van der Waals surface area contributed by atoms with Crippen LogP contribution in [0.4, 0.5) is 21.6 Å². The van der Waals surface area contributed by atoms with Gasteiger partial charge in [0.1, 0.15) is 24.0 Å². The molecule has 316 valence electrons. The predicted octanol–water partition coefficient (Wildman–Crippen LogP) is 5.01. The van der Waals surface area contributed by atoms with Crippen LogP contribution < -0.4 is 26.2 Å². The smallest absolute Gasteiger partial charge is 0.234 e. The summed E-state index contributed by atoms with van der Waals surface area (Å²) in [6.07, 6.45) is 9.06. The summed E-state index contributed by atoms with van der Waals surface area (Å²) in [5, 5.41) is 10.3. The molecule has 8 rings (SSSR count). The number of hydrogen-bond donors (Lipinski definition) is 3. The molecule has 5 aliphatic heterocycles. The first-order valence-electron chi connectivity index (χ1n) is 21.3. The Hall–Kier alpha value is -5.26. The Morgan fingerprint density at radius 2 is 1.85 bits per heavy atom. The van der Waals surface area contributed by atoms with Gasteiger partial charge in [0, 0.05) is 94.6 Å². The van der Waals surface area contributed by atoms with Gasteiger partial charge in [0.2, 0.25) is 17.7 Å². The summed E-state index contributed by atoms with van der Waals surface area (Å²) >= 11 is 0. The molecule has 0 radical (unpaired) electrons. The van der Waals surface area contributed by atoms with Gasteiger partial charge in [-0.15, -0.1) is 9.24 Å². The number of ether oxygens (including phenoxy) is 1. The Labute approximate surface area is 354 Å². The van der Waals surface area contributed by atoms with E-state index in [9.17, 15) is 14.4 Å². The number of piperidine rings is 1. The Bertz CT molecular complexity index is 2250. The molecule has 1 aromatic heterocycles. The van der Waals surface area contributed by atoms with Crippen LogP contribution in [0.5, 0.6) is 0 Å². The minimum absolute atomic E-state index is 0.0157. The zero-order valence-electron chi connectivity index (χ0n) is 34.9. The molecule has 3 saturated heterocycles. The molecular formula is C46H56FN8O4P. The number of amides is 3. The van der Waals surface area contributed by atoms with E-state index in [2.05, 4.69) is 83.0 Å². The van der Waals surface area contributed by atoms with Crippen LogP contribution in [0.25, 0.3) is 0 Å². The largest absolute Gasteiger partial charge is 0.494 e. The molecule has 6 heterocycles. The van der Waals surface area contributed by atoms with Crippen molar-refractivity contribution in [1.29, 1.82) is 0 Å². The Morgan fingerprint density at radius 3 is 2.58 bits per heavy atom. The van der Waals surface area contributed by atoms with E-state index in [1.807, 2.05) is 36.2 Å². The lowest BCUT2D eigenvalue weighted by Crippen LogP contribution is -2.64. The third kappa shape index (κ3) is 9.07. The van der Waals surface area contributed by atoms with Gasteiger partial charge < -0.3 is 30.1 Å². The zero-order valence-corrected chi connectivity index (χ0v) is 36.0. The number of nitrogens with zero attached hydrogens (tertiary/aromatic N) is 5. The number of allylic oxidation sites excluding steroid dienone is 4. The monoisotopic (exact) mass is 834 g/mol. The molecule has 5 aliphatic rings. The topological polar surface area (TPSA) is 122 Å². The lowest BCUT2D eigenvalue weighted by atomic mass is 9.90. The number of nitrogens with one attached hydrogen (secondary N) is 3. The number of anilines is 3. The normalized spacial score (nSPS) is 20.6. The number of aromatic nitrogens is 1. The van der Waals surface area contributed by atoms with Crippen molar-refractivity contribution in [1.82, 2.24) is 30.3 Å². The quantitative estimate of drug-likeness (QED) is 0.138. The minimum atomic E-state index is -0.415. The molecule has 0 spiro atoms. The first-order valence-corrected chi connectivity index (χ1v) is 21.9. The number of halogens is 1. The summed E-state index contributed by atoms with van der Waals surface area (Å²) in [7, 11) is 2.80. The van der Waals surface area contributed by atoms with Gasteiger partial charge in [-0.25, -0.2) is 9.37 Å². The highest BCUT2D eigenvalue weighted by Gasteiger charge is 2.36. The number of rotatable bonds is 11. The van der Waals surface area contributed by atoms with Gasteiger partial charge in [-0.05, 0) is 103 Å². The van der Waals surface area contributed by atoms with Crippen LogP contribution in [0.1, 0.15) is 68.2 Å². The molecular weight excluding hydrogens is 779 g/mol. The van der Waals surface area contributed by atoms with Crippen LogP contribution >= 0.6 is 9.24 Å². The van der Waals surface area contributed by atoms with Crippen LogP contribution in [0.3, 0.4) is 0 Å². The maximum Gasteiger partial charge on any atom is 0.234 e. The summed E-state index contributed by atoms with van der Waals surface area (Å²) in [4.78, 5) is 51.0. The summed E-state index contributed by atoms with van der Waals surface area (Å²) in [5.41, 5.74) is 8.79. The molecule has 2 atom stereocenters. The molecule has 0 saturated carbocycles. The van der Waals surface area contributed by atoms with Gasteiger partial charge in [-0.2, -0.15) is 0 Å². The fourth-order valence-electron chi connectivity index (χ4n) is 9.01. The fraction of sp³-hybridized carbons (Fsp3) is 0.435. The number of piperazine rings is 1. The summed E-state index contributed by atoms with van der Waals surface area (Å²) in [6, 6.07) is 13.5. The predicted molar refractivity (Wildman–Crippen MR) is 236 cm³/mol. The molecule has 2 unspecified atom stereocenters. The Kier molecular flexibility index (Phi) is 12.5. The summed E-state index contributed by atoms with van der Waals surface area (Å²) < 4.78 is 21.4. The van der Waals surface area contributed by atoms with E-state index < -0.39 is 5.82 Å². The molecule has 3 fully saturated rings. The van der Waals surface area contributed by atoms with Gasteiger partial charge in [-0.3, -0.25) is 24.6 Å². The third-order valence-corrected chi connectivity index (χ3v) is 13.0. The van der Waals surface area contributed by atoms with E-state index in [4.69, 9.17) is 4.74 Å². The molecule has 14 heteroatoms. The third-order valence-electron chi connectivity index (χ3n) is 12.5. The van der Waals surface area contributed by atoms with Crippen molar-refractivity contribution in [3.05, 3.63) is 112 Å². The molecule has 3 N–H and O–H groups in total. The van der Waals surface area contributed by atoms with E-state index in [-0.39, 0.29) is 30.1 Å². The van der Waals surface area contributed by atoms with Crippen molar-refractivity contribution in [2.75, 3.05) is 69.2 Å². The highest BCUT2D eigenvalue weighted by Crippen LogP contribution is 2.32. The van der Waals surface area contributed by atoms with Crippen LogP contribution in [0, 0.1) is 5.82 Å². The van der Waals surface area contributed by atoms with Crippen LogP contribution in [-0.2, 0) is 38.5 Å². The number of fused-ring (bicyclic) bond motifs is 1. The highest BCUT2D eigenvalue weighted by molar-refractivity contribution is 7.28. The average molecular weight is 835 g/mol. The number of pyridine rings is 1. The average Bonchev–Trinajstić information content (AvgIpc) is 3.22. The number of carbonyl (C=O) groups is 3. The first kappa shape index (κ1) is 41.5. The van der Waals surface area contributed by atoms with Crippen molar-refractivity contribution < 1.29 is 23.5 Å². The zero-order chi connectivity index (χ0) is 41.9. The highest BCUT2D eigenvalue weighted by atomic mass is 31.0. The molecule has 0 aliphatic carbocycles. The molecule has 60 heavy (non-hydrogen) atoms. The Morgan fingerprint density at radius 1 is 1.03 bits per heavy atom. The van der Waals surface area contributed by atoms with Crippen molar-refractivity contribution >= 4 is 49.5 Å². The lowest BCUT2D eigenvalue weighted by molar-refractivity contribution is -0.134. The number of hydrogen-bond acceptors (Lipinski definition) is 10. The van der Waals surface area contributed by atoms with E-state index >= 15 is 4.39 Å². The maximum atomic E-state index is 15.5. The number of benzene rings is 2. The maximum absolute atomic E-state index is 15.5. The van der Waals surface area contributed by atoms with E-state index in [1.165, 1.54) is 22.9 Å². The van der Waals surface area contributed by atoms with Gasteiger partial charge in [-0.1, -0.05) is 25.1 Å². The lowest BCUT2D eigenvalue weighted by Gasteiger charge is -2.49. The van der Waals surface area contributed by atoms with Gasteiger partial charge in [0.05, 0.1) is 18.0 Å². The van der Waals surface area contributed by atoms with Crippen molar-refractivity contribution in [3.8, 4) is 0 Å². The van der Waals surface area contributed by atoms with Gasteiger partial charge >= 0.3 is 0 Å². The fourth-order valence-corrected chi connectivity index (χ4v) is 9.48. The van der Waals surface area contributed by atoms with E-state index in [0.29, 0.717) is 55.6 Å². The standard InChI is InChI=1S/C46H56FN8O4P/c1-4-5-6-39(29(2)45-30(3)59-20-14-48-45)54-15-13-33-25-49-42(22-34(33)26-54)50-35-9-7-32(38(47)24-35)23-44(57)53-18-16-52(17-19-53)36-27-55(28-36)40-11-8-31(21-41(40)60)37-10-12-43(56)51-46(37)58/h5-9,11,21-22,24-25,36-37,48H,4,10,12-20,23,26-28,60H2,1-3H3,(H,49,50)(H,51,56,58)/b6-5+,39-29+. The molecule has 12 nitrogen and oxygen atoms in total. The molecule has 3 aromatic rings. The SMILES string of the molecule is CC/C=C/C(=C(/C)C1=C(C)OCCN1)N1CCc2cnc(Nc3ccc(CC(=O)N4CCN(C5CN(c6ccc(C7CCC(=O)NC7=O)cc6P)C5)CC4)c(F)c3)cc2C1. The van der Waals surface area contributed by atoms with Crippen molar-refractivity contribution in [3.63, 3.8) is 0 Å². The second kappa shape index (κ2) is 18.2. The van der Waals surface area contributed by atoms with E-state index in [0.717, 1.165) is 92.2 Å². The van der Waals surface area contributed by atoms with Gasteiger partial charge in [0.25, 0.3) is 0 Å². The number of carbonyl (C=O) groups excluding carboxylic acids is 3. The molecule has 3 amide bonds. The molecule has 2 aromatic carbocycles. The second-order valence-corrected chi connectivity index (χ2v) is 17.1. The minimum Gasteiger partial charge on any atom is -0.494 e. The van der Waals surface area contributed by atoms with Crippen LogP contribution in [0.15, 0.2) is 83.5 Å². The van der Waals surface area contributed by atoms with Gasteiger partial charge in [0.15, 0.2) is 0 Å². The van der Waals surface area contributed by atoms with Crippen molar-refractivity contribution in [2.45, 2.75) is 71.4 Å². The van der Waals surface area contributed by atoms with Crippen molar-refractivity contribution in [2.24, 2.45) is 0 Å². The summed E-state index contributed by atoms with van der Waals surface area (Å²) in [5.74, 6) is 0.354. The number of imide groups is 1. The first-order chi connectivity index (χ1) is 29.0. The molecule has 0 bridgehead atoms.